The van der Waals surface area contributed by atoms with Crippen molar-refractivity contribution in [3.63, 3.8) is 0 Å². The van der Waals surface area contributed by atoms with Crippen LogP contribution in [0, 0.1) is 0 Å². The summed E-state index contributed by atoms with van der Waals surface area (Å²) in [7, 11) is 0. The Labute approximate surface area is 56.6 Å². The van der Waals surface area contributed by atoms with E-state index >= 15 is 0 Å². The third kappa shape index (κ3) is 1.03. The van der Waals surface area contributed by atoms with Crippen LogP contribution in [0.2, 0.25) is 0 Å². The molecule has 1 aromatic heterocycles. The van der Waals surface area contributed by atoms with E-state index in [1.54, 1.807) is 0 Å². The number of ketones is 1. The molecule has 1 rings (SSSR count). The van der Waals surface area contributed by atoms with Crippen molar-refractivity contribution in [2.75, 3.05) is 0 Å². The molecule has 0 saturated carbocycles. The van der Waals surface area contributed by atoms with Gasteiger partial charge in [0, 0.05) is 6.92 Å². The maximum Gasteiger partial charge on any atom is 0.183 e. The molecule has 0 amide bonds. The molecule has 0 saturated heterocycles. The zero-order valence-corrected chi connectivity index (χ0v) is 5.37. The van der Waals surface area contributed by atoms with Crippen LogP contribution >= 0.6 is 0 Å². The molecule has 0 aromatic carbocycles. The van der Waals surface area contributed by atoms with E-state index in [0.717, 1.165) is 0 Å². The molecule has 0 radical (unpaired) electrons. The van der Waals surface area contributed by atoms with Crippen molar-refractivity contribution in [1.29, 1.82) is 0 Å². The molecular weight excluding hydrogens is 136 g/mol. The minimum absolute atomic E-state index is 0.0995. The Kier molecular flexibility index (Phi) is 1.77. The third-order valence-corrected chi connectivity index (χ3v) is 1.04. The summed E-state index contributed by atoms with van der Waals surface area (Å²) in [6, 6.07) is 0. The van der Waals surface area contributed by atoms with Crippen LogP contribution in [0.1, 0.15) is 23.1 Å². The standard InChI is InChI=1S/C5H6N2O3/c1-3(9)5-4(2-8)6-10-7-5/h8H,2H2,1H3. The molecule has 1 aromatic rings. The Hall–Kier alpha value is -1.23. The molecule has 0 aliphatic carbocycles. The molecule has 0 bridgehead atoms. The number of Topliss-reactive ketones (excluding diaryl/α,β-unsaturated/α-hetero) is 1. The molecule has 1 heterocycles. The van der Waals surface area contributed by atoms with E-state index in [1.165, 1.54) is 6.92 Å². The van der Waals surface area contributed by atoms with Gasteiger partial charge in [-0.05, 0) is 5.16 Å². The SMILES string of the molecule is CC(=O)c1nonc1CO. The lowest BCUT2D eigenvalue weighted by Crippen LogP contribution is -1.98. The summed E-state index contributed by atoms with van der Waals surface area (Å²) in [5.41, 5.74) is 0.287. The zero-order chi connectivity index (χ0) is 7.56. The molecule has 0 fully saturated rings. The minimum atomic E-state index is -0.321. The molecule has 54 valence electrons. The fourth-order valence-corrected chi connectivity index (χ4v) is 0.578. The molecule has 0 atom stereocenters. The van der Waals surface area contributed by atoms with Crippen LogP contribution in [0.4, 0.5) is 0 Å². The van der Waals surface area contributed by atoms with Crippen LogP contribution in [0.15, 0.2) is 4.63 Å². The molecule has 0 aliphatic heterocycles. The Morgan fingerprint density at radius 3 is 2.80 bits per heavy atom. The van der Waals surface area contributed by atoms with Crippen LogP contribution < -0.4 is 0 Å². The molecule has 5 heteroatoms. The molecule has 0 spiro atoms. The van der Waals surface area contributed by atoms with Gasteiger partial charge in [0.2, 0.25) is 0 Å². The maximum absolute atomic E-state index is 10.6. The first-order chi connectivity index (χ1) is 4.75. The lowest BCUT2D eigenvalue weighted by Gasteiger charge is -1.85. The summed E-state index contributed by atoms with van der Waals surface area (Å²) >= 11 is 0. The van der Waals surface area contributed by atoms with Crippen molar-refractivity contribution in [2.24, 2.45) is 0 Å². The van der Waals surface area contributed by atoms with Crippen LogP contribution in [-0.4, -0.2) is 21.2 Å². The second kappa shape index (κ2) is 2.57. The predicted octanol–water partition coefficient (Wildman–Crippen LogP) is -0.235. The number of nitrogens with zero attached hydrogens (tertiary/aromatic N) is 2. The third-order valence-electron chi connectivity index (χ3n) is 1.04. The van der Waals surface area contributed by atoms with Gasteiger partial charge in [-0.2, -0.15) is 0 Å². The van der Waals surface area contributed by atoms with E-state index in [1.807, 2.05) is 0 Å². The van der Waals surface area contributed by atoms with E-state index < -0.39 is 0 Å². The summed E-state index contributed by atoms with van der Waals surface area (Å²) in [6.07, 6.45) is 0. The van der Waals surface area contributed by atoms with E-state index in [9.17, 15) is 4.79 Å². The van der Waals surface area contributed by atoms with Crippen LogP contribution in [0.5, 0.6) is 0 Å². The topological polar surface area (TPSA) is 76.2 Å². The lowest BCUT2D eigenvalue weighted by atomic mass is 10.2. The van der Waals surface area contributed by atoms with Crippen molar-refractivity contribution in [3.8, 4) is 0 Å². The Morgan fingerprint density at radius 1 is 1.70 bits per heavy atom. The average Bonchev–Trinajstić information content (AvgIpc) is 2.33. The van der Waals surface area contributed by atoms with Crippen LogP contribution in [-0.2, 0) is 6.61 Å². The monoisotopic (exact) mass is 142 g/mol. The second-order valence-electron chi connectivity index (χ2n) is 1.77. The molecule has 1 N–H and O–H groups in total. The van der Waals surface area contributed by atoms with Gasteiger partial charge in [-0.1, -0.05) is 5.16 Å². The van der Waals surface area contributed by atoms with Gasteiger partial charge in [-0.25, -0.2) is 4.63 Å². The quantitative estimate of drug-likeness (QED) is 0.577. The Bertz CT molecular complexity index is 243. The number of hydrogen-bond acceptors (Lipinski definition) is 5. The van der Waals surface area contributed by atoms with Gasteiger partial charge in [0.05, 0.1) is 6.61 Å². The zero-order valence-electron chi connectivity index (χ0n) is 5.37. The minimum Gasteiger partial charge on any atom is -0.390 e. The number of carbonyl (C=O) groups excluding carboxylic acids is 1. The van der Waals surface area contributed by atoms with Crippen molar-refractivity contribution >= 4 is 5.78 Å². The fourth-order valence-electron chi connectivity index (χ4n) is 0.578. The van der Waals surface area contributed by atoms with E-state index in [4.69, 9.17) is 5.11 Å². The first-order valence-electron chi connectivity index (χ1n) is 2.69. The predicted molar refractivity (Wildman–Crippen MR) is 30.2 cm³/mol. The highest BCUT2D eigenvalue weighted by Gasteiger charge is 2.12. The molecule has 10 heavy (non-hydrogen) atoms. The van der Waals surface area contributed by atoms with Crippen molar-refractivity contribution in [1.82, 2.24) is 10.3 Å². The number of aliphatic hydroxyl groups excluding tert-OH is 1. The van der Waals surface area contributed by atoms with Gasteiger partial charge in [0.25, 0.3) is 0 Å². The van der Waals surface area contributed by atoms with E-state index in [0.29, 0.717) is 0 Å². The maximum atomic E-state index is 10.6. The smallest absolute Gasteiger partial charge is 0.183 e. The van der Waals surface area contributed by atoms with Crippen LogP contribution in [0.25, 0.3) is 0 Å². The van der Waals surface area contributed by atoms with Crippen LogP contribution in [0.3, 0.4) is 0 Å². The molecule has 0 aliphatic rings. The number of rotatable bonds is 2. The van der Waals surface area contributed by atoms with Gasteiger partial charge >= 0.3 is 0 Å². The first-order valence-corrected chi connectivity index (χ1v) is 2.69. The largest absolute Gasteiger partial charge is 0.390 e. The normalized spacial score (nSPS) is 9.80. The lowest BCUT2D eigenvalue weighted by molar-refractivity contribution is 0.100. The van der Waals surface area contributed by atoms with Crippen molar-refractivity contribution in [3.05, 3.63) is 11.4 Å². The van der Waals surface area contributed by atoms with Crippen molar-refractivity contribution < 1.29 is 14.5 Å². The number of hydrogen-bond donors (Lipinski definition) is 1. The Morgan fingerprint density at radius 2 is 2.40 bits per heavy atom. The van der Waals surface area contributed by atoms with E-state index in [-0.39, 0.29) is 23.8 Å². The van der Waals surface area contributed by atoms with Gasteiger partial charge in [-0.3, -0.25) is 4.79 Å². The summed E-state index contributed by atoms with van der Waals surface area (Å²) < 4.78 is 4.22. The van der Waals surface area contributed by atoms with Gasteiger partial charge in [-0.15, -0.1) is 0 Å². The highest BCUT2D eigenvalue weighted by Crippen LogP contribution is 2.01. The van der Waals surface area contributed by atoms with Gasteiger partial charge in [0.1, 0.15) is 5.69 Å². The molecular formula is C5H6N2O3. The van der Waals surface area contributed by atoms with Crippen molar-refractivity contribution in [2.45, 2.75) is 13.5 Å². The fraction of sp³-hybridized carbons (Fsp3) is 0.400. The average molecular weight is 142 g/mol. The number of aromatic nitrogens is 2. The second-order valence-corrected chi connectivity index (χ2v) is 1.77. The highest BCUT2D eigenvalue weighted by atomic mass is 16.6. The van der Waals surface area contributed by atoms with E-state index in [2.05, 4.69) is 14.9 Å². The Balaban J connectivity index is 3.01. The number of aliphatic hydroxyl groups is 1. The first kappa shape index (κ1) is 6.88. The molecule has 5 nitrogen and oxygen atoms in total. The van der Waals surface area contributed by atoms with Gasteiger partial charge in [0.15, 0.2) is 11.5 Å². The highest BCUT2D eigenvalue weighted by molar-refractivity contribution is 5.92. The van der Waals surface area contributed by atoms with Gasteiger partial charge < -0.3 is 5.11 Å². The summed E-state index contributed by atoms with van der Waals surface area (Å²) in [4.78, 5) is 10.6. The molecule has 0 unspecified atom stereocenters. The summed E-state index contributed by atoms with van der Waals surface area (Å²) in [5.74, 6) is -0.259. The number of carbonyl (C=O) groups is 1. The summed E-state index contributed by atoms with van der Waals surface area (Å²) in [6.45, 7) is 1.01. The summed E-state index contributed by atoms with van der Waals surface area (Å²) in [5, 5.41) is 15.1.